The lowest BCUT2D eigenvalue weighted by Crippen LogP contribution is -2.19. The standard InChI is InChI=1S/C13H8ClF5N2O2/c14-11-4-2-8(20-21-11)7-1-3-9(23-12(15)16)10(5-7)22-6-13(17,18)19/h1-5,12H,6H2. The Morgan fingerprint density at radius 1 is 1.04 bits per heavy atom. The van der Waals surface area contributed by atoms with Crippen LogP contribution in [-0.2, 0) is 0 Å². The van der Waals surface area contributed by atoms with Crippen LogP contribution in [0.3, 0.4) is 0 Å². The van der Waals surface area contributed by atoms with E-state index in [1.54, 1.807) is 0 Å². The molecule has 0 atom stereocenters. The van der Waals surface area contributed by atoms with Crippen LogP contribution in [0.1, 0.15) is 0 Å². The molecule has 10 heteroatoms. The van der Waals surface area contributed by atoms with E-state index in [2.05, 4.69) is 19.7 Å². The van der Waals surface area contributed by atoms with Crippen molar-refractivity contribution in [3.8, 4) is 22.8 Å². The minimum Gasteiger partial charge on any atom is -0.480 e. The average Bonchev–Trinajstić information content (AvgIpc) is 2.46. The van der Waals surface area contributed by atoms with E-state index < -0.39 is 30.9 Å². The number of alkyl halides is 5. The molecule has 1 aromatic carbocycles. The van der Waals surface area contributed by atoms with Crippen molar-refractivity contribution in [2.75, 3.05) is 6.61 Å². The highest BCUT2D eigenvalue weighted by Crippen LogP contribution is 2.34. The third kappa shape index (κ3) is 5.20. The number of benzene rings is 1. The summed E-state index contributed by atoms with van der Waals surface area (Å²) in [5, 5.41) is 7.45. The van der Waals surface area contributed by atoms with Gasteiger partial charge in [-0.1, -0.05) is 11.6 Å². The largest absolute Gasteiger partial charge is 0.480 e. The van der Waals surface area contributed by atoms with Gasteiger partial charge in [0.25, 0.3) is 0 Å². The van der Waals surface area contributed by atoms with E-state index in [-0.39, 0.29) is 10.8 Å². The highest BCUT2D eigenvalue weighted by Gasteiger charge is 2.29. The van der Waals surface area contributed by atoms with Crippen molar-refractivity contribution in [2.24, 2.45) is 0 Å². The fourth-order valence-corrected chi connectivity index (χ4v) is 1.70. The predicted octanol–water partition coefficient (Wildman–Crippen LogP) is 4.34. The molecule has 0 spiro atoms. The van der Waals surface area contributed by atoms with E-state index in [9.17, 15) is 22.0 Å². The number of hydrogen-bond donors (Lipinski definition) is 0. The van der Waals surface area contributed by atoms with E-state index in [1.165, 1.54) is 18.2 Å². The Morgan fingerprint density at radius 3 is 2.35 bits per heavy atom. The van der Waals surface area contributed by atoms with Gasteiger partial charge in [0.1, 0.15) is 0 Å². The van der Waals surface area contributed by atoms with Crippen LogP contribution in [0.15, 0.2) is 30.3 Å². The molecule has 124 valence electrons. The summed E-state index contributed by atoms with van der Waals surface area (Å²) in [5.41, 5.74) is 0.572. The molecule has 0 saturated carbocycles. The predicted molar refractivity (Wildman–Crippen MR) is 70.7 cm³/mol. The van der Waals surface area contributed by atoms with Gasteiger partial charge in [-0.15, -0.1) is 10.2 Å². The summed E-state index contributed by atoms with van der Waals surface area (Å²) in [6.45, 7) is -4.85. The summed E-state index contributed by atoms with van der Waals surface area (Å²) in [4.78, 5) is 0. The Morgan fingerprint density at radius 2 is 1.78 bits per heavy atom. The van der Waals surface area contributed by atoms with E-state index in [1.807, 2.05) is 0 Å². The Kier molecular flexibility index (Phi) is 5.19. The molecule has 1 aromatic heterocycles. The number of halogens is 6. The molecule has 0 unspecified atom stereocenters. The molecule has 0 aliphatic carbocycles. The van der Waals surface area contributed by atoms with Gasteiger partial charge in [-0.3, -0.25) is 0 Å². The molecular weight excluding hydrogens is 347 g/mol. The zero-order valence-corrected chi connectivity index (χ0v) is 11.9. The zero-order chi connectivity index (χ0) is 17.0. The first-order chi connectivity index (χ1) is 10.7. The fourth-order valence-electron chi connectivity index (χ4n) is 1.60. The Balaban J connectivity index is 2.33. The van der Waals surface area contributed by atoms with Crippen molar-refractivity contribution in [3.63, 3.8) is 0 Å². The lowest BCUT2D eigenvalue weighted by atomic mass is 10.1. The highest BCUT2D eigenvalue weighted by atomic mass is 35.5. The van der Waals surface area contributed by atoms with Crippen LogP contribution in [0, 0.1) is 0 Å². The summed E-state index contributed by atoms with van der Waals surface area (Å²) in [6, 6.07) is 6.37. The van der Waals surface area contributed by atoms with Crippen molar-refractivity contribution in [2.45, 2.75) is 12.8 Å². The maximum atomic E-state index is 12.3. The van der Waals surface area contributed by atoms with Crippen molar-refractivity contribution in [1.82, 2.24) is 10.2 Å². The van der Waals surface area contributed by atoms with Crippen molar-refractivity contribution < 1.29 is 31.4 Å². The highest BCUT2D eigenvalue weighted by molar-refractivity contribution is 6.29. The van der Waals surface area contributed by atoms with E-state index >= 15 is 0 Å². The molecule has 0 bridgehead atoms. The third-order valence-corrected chi connectivity index (χ3v) is 2.68. The summed E-state index contributed by atoms with van der Waals surface area (Å²) in [7, 11) is 0. The second-order valence-corrected chi connectivity index (χ2v) is 4.57. The Bertz CT molecular complexity index is 664. The molecule has 4 nitrogen and oxygen atoms in total. The smallest absolute Gasteiger partial charge is 0.422 e. The Labute approximate surface area is 131 Å². The van der Waals surface area contributed by atoms with Crippen LogP contribution in [0.2, 0.25) is 5.15 Å². The summed E-state index contributed by atoms with van der Waals surface area (Å²) >= 11 is 5.59. The summed E-state index contributed by atoms with van der Waals surface area (Å²) in [5.74, 6) is -1.01. The molecule has 0 aliphatic rings. The van der Waals surface area contributed by atoms with Crippen LogP contribution in [0.5, 0.6) is 11.5 Å². The van der Waals surface area contributed by atoms with Crippen molar-refractivity contribution in [1.29, 1.82) is 0 Å². The third-order valence-electron chi connectivity index (χ3n) is 2.48. The van der Waals surface area contributed by atoms with Gasteiger partial charge in [-0.25, -0.2) is 0 Å². The van der Waals surface area contributed by atoms with Gasteiger partial charge < -0.3 is 9.47 Å². The van der Waals surface area contributed by atoms with Crippen LogP contribution < -0.4 is 9.47 Å². The second kappa shape index (κ2) is 6.95. The summed E-state index contributed by atoms with van der Waals surface area (Å²) in [6.07, 6.45) is -4.63. The lowest BCUT2D eigenvalue weighted by molar-refractivity contribution is -0.154. The molecule has 0 aliphatic heterocycles. The SMILES string of the molecule is FC(F)Oc1ccc(-c2ccc(Cl)nn2)cc1OCC(F)(F)F. The van der Waals surface area contributed by atoms with Crippen LogP contribution in [0.25, 0.3) is 11.3 Å². The molecule has 0 radical (unpaired) electrons. The lowest BCUT2D eigenvalue weighted by Gasteiger charge is -2.14. The van der Waals surface area contributed by atoms with E-state index in [0.717, 1.165) is 12.1 Å². The molecule has 23 heavy (non-hydrogen) atoms. The number of nitrogens with zero attached hydrogens (tertiary/aromatic N) is 2. The number of hydrogen-bond acceptors (Lipinski definition) is 4. The molecule has 2 rings (SSSR count). The average molecular weight is 355 g/mol. The molecule has 0 N–H and O–H groups in total. The second-order valence-electron chi connectivity index (χ2n) is 4.19. The molecule has 2 aromatic rings. The first-order valence-electron chi connectivity index (χ1n) is 6.02. The van der Waals surface area contributed by atoms with Gasteiger partial charge in [0.05, 0.1) is 5.69 Å². The van der Waals surface area contributed by atoms with Crippen LogP contribution in [0.4, 0.5) is 22.0 Å². The van der Waals surface area contributed by atoms with Gasteiger partial charge in [0.2, 0.25) is 0 Å². The van der Waals surface area contributed by atoms with E-state index in [4.69, 9.17) is 11.6 Å². The van der Waals surface area contributed by atoms with Crippen molar-refractivity contribution in [3.05, 3.63) is 35.5 Å². The van der Waals surface area contributed by atoms with Crippen LogP contribution in [-0.4, -0.2) is 29.6 Å². The monoisotopic (exact) mass is 354 g/mol. The first-order valence-corrected chi connectivity index (χ1v) is 6.40. The molecule has 0 fully saturated rings. The summed E-state index contributed by atoms with van der Waals surface area (Å²) < 4.78 is 70.0. The minimum absolute atomic E-state index is 0.125. The Hall–Kier alpha value is -2.16. The zero-order valence-electron chi connectivity index (χ0n) is 11.1. The van der Waals surface area contributed by atoms with Gasteiger partial charge in [-0.2, -0.15) is 22.0 Å². The maximum absolute atomic E-state index is 12.3. The number of ether oxygens (including phenoxy) is 2. The molecule has 0 saturated heterocycles. The van der Waals surface area contributed by atoms with Gasteiger partial charge >= 0.3 is 12.8 Å². The fraction of sp³-hybridized carbons (Fsp3) is 0.231. The quantitative estimate of drug-likeness (QED) is 0.749. The topological polar surface area (TPSA) is 44.2 Å². The molecule has 0 amide bonds. The van der Waals surface area contributed by atoms with Gasteiger partial charge in [0.15, 0.2) is 23.3 Å². The van der Waals surface area contributed by atoms with Crippen molar-refractivity contribution >= 4 is 11.6 Å². The molecule has 1 heterocycles. The molecular formula is C13H8ClF5N2O2. The van der Waals surface area contributed by atoms with Gasteiger partial charge in [-0.05, 0) is 30.3 Å². The minimum atomic E-state index is -4.63. The van der Waals surface area contributed by atoms with Crippen LogP contribution >= 0.6 is 11.6 Å². The number of aromatic nitrogens is 2. The van der Waals surface area contributed by atoms with E-state index in [0.29, 0.717) is 5.56 Å². The number of rotatable bonds is 5. The first kappa shape index (κ1) is 17.2. The maximum Gasteiger partial charge on any atom is 0.422 e. The van der Waals surface area contributed by atoms with Gasteiger partial charge in [0, 0.05) is 5.56 Å². The normalized spacial score (nSPS) is 11.6.